The summed E-state index contributed by atoms with van der Waals surface area (Å²) in [6.07, 6.45) is 2.21. The third-order valence-electron chi connectivity index (χ3n) is 6.96. The quantitative estimate of drug-likeness (QED) is 0.371. The number of nitrogens with one attached hydrogen (secondary N) is 1. The summed E-state index contributed by atoms with van der Waals surface area (Å²) in [7, 11) is 1.94. The number of hydrogen-bond donors (Lipinski definition) is 2. The van der Waals surface area contributed by atoms with E-state index in [1.807, 2.05) is 43.1 Å². The maximum Gasteiger partial charge on any atom is 0.328 e. The summed E-state index contributed by atoms with van der Waals surface area (Å²) in [5, 5.41) is 11.3. The van der Waals surface area contributed by atoms with E-state index >= 15 is 0 Å². The summed E-state index contributed by atoms with van der Waals surface area (Å²) in [5.74, 6) is -0.0734. The normalized spacial score (nSPS) is 21.9. The first-order chi connectivity index (χ1) is 16.2. The first-order valence-electron chi connectivity index (χ1n) is 11.3. The van der Waals surface area contributed by atoms with Crippen molar-refractivity contribution < 1.29 is 14.7 Å². The van der Waals surface area contributed by atoms with E-state index in [1.54, 1.807) is 29.2 Å². The number of urea groups is 1. The highest BCUT2D eigenvalue weighted by atomic mass is 79.9. The van der Waals surface area contributed by atoms with E-state index in [2.05, 4.69) is 27.5 Å². The van der Waals surface area contributed by atoms with Crippen molar-refractivity contribution in [3.63, 3.8) is 0 Å². The van der Waals surface area contributed by atoms with Crippen LogP contribution in [-0.4, -0.2) is 68.9 Å². The standard InChI is InChI=1S/C26H27BrN4O3/c1-4-10-29(3)11-12-30-24(33)26(2)15-20-19-14-17(27)8-9-21(19)28-22(20)23(31(26)25(30)34)16-6-5-7-18(32)13-16/h4-9,13-14,23,28,32H,1,10-12,15H2,2-3H3/t23-,26+/m1/s1. The largest absolute Gasteiger partial charge is 0.508 e. The number of imide groups is 1. The second-order valence-electron chi connectivity index (χ2n) is 9.32. The van der Waals surface area contributed by atoms with Crippen LogP contribution in [0.3, 0.4) is 0 Å². The lowest BCUT2D eigenvalue weighted by Gasteiger charge is -2.42. The number of aromatic hydroxyl groups is 1. The minimum atomic E-state index is -1.03. The van der Waals surface area contributed by atoms with Crippen LogP contribution >= 0.6 is 15.9 Å². The minimum Gasteiger partial charge on any atom is -0.508 e. The predicted molar refractivity (Wildman–Crippen MR) is 135 cm³/mol. The Balaban J connectivity index is 1.65. The van der Waals surface area contributed by atoms with Gasteiger partial charge in [-0.15, -0.1) is 6.58 Å². The number of hydrogen-bond acceptors (Lipinski definition) is 4. The zero-order valence-corrected chi connectivity index (χ0v) is 20.8. The average molecular weight is 523 g/mol. The van der Waals surface area contributed by atoms with Gasteiger partial charge >= 0.3 is 6.03 Å². The van der Waals surface area contributed by atoms with Gasteiger partial charge in [-0.3, -0.25) is 14.6 Å². The van der Waals surface area contributed by atoms with Crippen molar-refractivity contribution in [1.82, 2.24) is 19.7 Å². The highest BCUT2D eigenvalue weighted by Gasteiger charge is 2.60. The highest BCUT2D eigenvalue weighted by molar-refractivity contribution is 9.10. The molecule has 0 bridgehead atoms. The molecular weight excluding hydrogens is 496 g/mol. The van der Waals surface area contributed by atoms with Crippen LogP contribution in [0.1, 0.15) is 29.8 Å². The van der Waals surface area contributed by atoms with Crippen LogP contribution in [-0.2, 0) is 11.2 Å². The maximum atomic E-state index is 13.8. The number of likely N-dealkylation sites (N-methyl/N-ethyl adjacent to an activating group) is 1. The maximum absolute atomic E-state index is 13.8. The fourth-order valence-electron chi connectivity index (χ4n) is 5.31. The summed E-state index contributed by atoms with van der Waals surface area (Å²) in [5.41, 5.74) is 2.57. The van der Waals surface area contributed by atoms with Crippen LogP contribution < -0.4 is 0 Å². The molecule has 3 heterocycles. The lowest BCUT2D eigenvalue weighted by Crippen LogP contribution is -2.53. The summed E-state index contributed by atoms with van der Waals surface area (Å²) in [4.78, 5) is 36.2. The number of carbonyl (C=O) groups is 2. The van der Waals surface area contributed by atoms with Gasteiger partial charge in [0.1, 0.15) is 17.3 Å². The Morgan fingerprint density at radius 1 is 1.29 bits per heavy atom. The van der Waals surface area contributed by atoms with Crippen molar-refractivity contribution in [3.8, 4) is 5.75 Å². The van der Waals surface area contributed by atoms with Gasteiger partial charge < -0.3 is 15.0 Å². The van der Waals surface area contributed by atoms with Gasteiger partial charge in [0.2, 0.25) is 0 Å². The van der Waals surface area contributed by atoms with Crippen molar-refractivity contribution in [1.29, 1.82) is 0 Å². The molecule has 3 amide bonds. The van der Waals surface area contributed by atoms with Crippen LogP contribution in [0.15, 0.2) is 59.6 Å². The summed E-state index contributed by atoms with van der Waals surface area (Å²) in [6.45, 7) is 7.15. The van der Waals surface area contributed by atoms with E-state index in [9.17, 15) is 14.7 Å². The van der Waals surface area contributed by atoms with Gasteiger partial charge in [0.15, 0.2) is 0 Å². The van der Waals surface area contributed by atoms with E-state index in [4.69, 9.17) is 0 Å². The van der Waals surface area contributed by atoms with E-state index in [0.717, 1.165) is 32.2 Å². The summed E-state index contributed by atoms with van der Waals surface area (Å²) in [6, 6.07) is 12.1. The van der Waals surface area contributed by atoms with Gasteiger partial charge in [0.05, 0.1) is 0 Å². The lowest BCUT2D eigenvalue weighted by molar-refractivity contribution is -0.133. The molecule has 1 saturated heterocycles. The van der Waals surface area contributed by atoms with Crippen molar-refractivity contribution >= 4 is 38.8 Å². The molecule has 2 aliphatic rings. The SMILES string of the molecule is C=CCN(C)CCN1C(=O)N2[C@H](c3cccc(O)c3)c3[nH]c4ccc(Br)cc4c3C[C@@]2(C)C1=O. The fraction of sp³-hybridized carbons (Fsp3) is 0.308. The molecule has 2 atom stereocenters. The molecule has 2 aromatic carbocycles. The number of fused-ring (bicyclic) bond motifs is 4. The van der Waals surface area contributed by atoms with Gasteiger partial charge in [0, 0.05) is 47.1 Å². The number of rotatable bonds is 6. The third kappa shape index (κ3) is 3.44. The van der Waals surface area contributed by atoms with Gasteiger partial charge in [0.25, 0.3) is 5.91 Å². The van der Waals surface area contributed by atoms with E-state index in [-0.39, 0.29) is 17.7 Å². The topological polar surface area (TPSA) is 79.9 Å². The Kier molecular flexibility index (Phi) is 5.53. The molecule has 0 unspecified atom stereocenters. The molecule has 34 heavy (non-hydrogen) atoms. The zero-order valence-electron chi connectivity index (χ0n) is 19.2. The molecule has 3 aromatic rings. The monoisotopic (exact) mass is 522 g/mol. The number of phenolic OH excluding ortho intramolecular Hbond substituents is 1. The Hall–Kier alpha value is -3.10. The number of benzene rings is 2. The lowest BCUT2D eigenvalue weighted by atomic mass is 9.81. The van der Waals surface area contributed by atoms with E-state index in [0.29, 0.717) is 26.1 Å². The van der Waals surface area contributed by atoms with Gasteiger partial charge in [-0.1, -0.05) is 34.1 Å². The predicted octanol–water partition coefficient (Wildman–Crippen LogP) is 4.42. The Labute approximate surface area is 206 Å². The number of phenols is 1. The molecular formula is C26H27BrN4O3. The van der Waals surface area contributed by atoms with Crippen LogP contribution in [0.4, 0.5) is 4.79 Å². The highest BCUT2D eigenvalue weighted by Crippen LogP contribution is 2.49. The molecule has 176 valence electrons. The van der Waals surface area contributed by atoms with E-state index < -0.39 is 11.6 Å². The van der Waals surface area contributed by atoms with Crippen molar-refractivity contribution in [3.05, 3.63) is 76.4 Å². The first kappa shape index (κ1) is 22.7. The molecule has 1 aromatic heterocycles. The number of amides is 3. The van der Waals surface area contributed by atoms with Crippen molar-refractivity contribution in [2.45, 2.75) is 24.9 Å². The first-order valence-corrected chi connectivity index (χ1v) is 12.1. The van der Waals surface area contributed by atoms with Crippen LogP contribution in [0, 0.1) is 0 Å². The second kappa shape index (κ2) is 8.29. The van der Waals surface area contributed by atoms with Crippen molar-refractivity contribution in [2.75, 3.05) is 26.7 Å². The van der Waals surface area contributed by atoms with E-state index in [1.165, 1.54) is 4.90 Å². The number of aromatic nitrogens is 1. The van der Waals surface area contributed by atoms with Crippen LogP contribution in [0.2, 0.25) is 0 Å². The molecule has 0 radical (unpaired) electrons. The Morgan fingerprint density at radius 2 is 2.09 bits per heavy atom. The number of nitrogens with zero attached hydrogens (tertiary/aromatic N) is 3. The molecule has 0 aliphatic carbocycles. The Bertz CT molecular complexity index is 1320. The third-order valence-corrected chi connectivity index (χ3v) is 7.45. The number of halogens is 1. The van der Waals surface area contributed by atoms with Crippen LogP contribution in [0.5, 0.6) is 5.75 Å². The van der Waals surface area contributed by atoms with Crippen molar-refractivity contribution in [2.24, 2.45) is 0 Å². The second-order valence-corrected chi connectivity index (χ2v) is 10.2. The minimum absolute atomic E-state index is 0.117. The molecule has 2 aliphatic heterocycles. The van der Waals surface area contributed by atoms with Gasteiger partial charge in [-0.25, -0.2) is 4.79 Å². The van der Waals surface area contributed by atoms with Gasteiger partial charge in [-0.05, 0) is 55.4 Å². The van der Waals surface area contributed by atoms with Crippen LogP contribution in [0.25, 0.3) is 10.9 Å². The number of carbonyl (C=O) groups excluding carboxylic acids is 2. The molecule has 0 spiro atoms. The smallest absolute Gasteiger partial charge is 0.328 e. The fourth-order valence-corrected chi connectivity index (χ4v) is 5.67. The zero-order chi connectivity index (χ0) is 24.2. The number of H-pyrrole nitrogens is 1. The summed E-state index contributed by atoms with van der Waals surface area (Å²) >= 11 is 3.56. The molecule has 1 fully saturated rings. The Morgan fingerprint density at radius 3 is 2.82 bits per heavy atom. The molecule has 2 N–H and O–H groups in total. The molecule has 0 saturated carbocycles. The molecule has 8 heteroatoms. The molecule has 7 nitrogen and oxygen atoms in total. The summed E-state index contributed by atoms with van der Waals surface area (Å²) < 4.78 is 0.948. The average Bonchev–Trinajstić information content (AvgIpc) is 3.23. The molecule has 5 rings (SSSR count). The number of aromatic amines is 1. The van der Waals surface area contributed by atoms with Gasteiger partial charge in [-0.2, -0.15) is 0 Å².